The van der Waals surface area contributed by atoms with E-state index in [1.165, 1.54) is 10.5 Å². The second-order valence-electron chi connectivity index (χ2n) is 9.96. The van der Waals surface area contributed by atoms with Gasteiger partial charge in [-0.05, 0) is 19.3 Å². The van der Waals surface area contributed by atoms with Crippen molar-refractivity contribution < 1.29 is 12.6 Å². The Labute approximate surface area is 216 Å². The smallest absolute Gasteiger partial charge is 0.0394 e. The molecular formula is C31H26GeN2O. The van der Waals surface area contributed by atoms with E-state index >= 15 is 0 Å². The van der Waals surface area contributed by atoms with Crippen LogP contribution in [0.4, 0.5) is 5.69 Å². The molecule has 0 saturated carbocycles. The van der Waals surface area contributed by atoms with Crippen LogP contribution in [0.2, 0.25) is 17.3 Å². The van der Waals surface area contributed by atoms with E-state index in [2.05, 4.69) is 45.3 Å². The molecular weight excluding hydrogens is 489 g/mol. The molecule has 170 valence electrons. The number of pyridine rings is 1. The van der Waals surface area contributed by atoms with Gasteiger partial charge in [0.05, 0.1) is 0 Å². The molecule has 2 aromatic heterocycles. The Morgan fingerprint density at radius 3 is 2.40 bits per heavy atom. The summed E-state index contributed by atoms with van der Waals surface area (Å²) in [6, 6.07) is 19.3. The number of rotatable bonds is 2. The van der Waals surface area contributed by atoms with Crippen LogP contribution in [0.5, 0.6) is 0 Å². The summed E-state index contributed by atoms with van der Waals surface area (Å²) in [4.78, 5) is 8.27. The molecule has 0 atom stereocenters. The standard InChI is InChI=1S/C31H26GeN2O/c1-18-14-27(34-17-19(18)2)24-9-7-8-22-23-13-12-20-10-11-21-15-26(32(3,4)5)28(33-6)16-25(21)29(20)31(23)35-30(22)24/h7-17H,1-5H3/i1D3,2D3. The normalized spacial score (nSPS) is 15.4. The number of benzene rings is 4. The van der Waals surface area contributed by atoms with Crippen molar-refractivity contribution in [3.8, 4) is 11.3 Å². The van der Waals surface area contributed by atoms with E-state index in [9.17, 15) is 0 Å². The number of aryl methyl sites for hydroxylation is 2. The van der Waals surface area contributed by atoms with Gasteiger partial charge in [0.2, 0.25) is 0 Å². The van der Waals surface area contributed by atoms with Gasteiger partial charge in [0.25, 0.3) is 0 Å². The monoisotopic (exact) mass is 522 g/mol. The molecule has 4 heteroatoms. The zero-order valence-corrected chi connectivity index (χ0v) is 21.8. The zero-order valence-electron chi connectivity index (χ0n) is 25.7. The molecule has 6 rings (SSSR count). The molecule has 0 aliphatic carbocycles. The van der Waals surface area contributed by atoms with E-state index in [4.69, 9.17) is 19.2 Å². The molecule has 0 N–H and O–H groups in total. The molecule has 6 aromatic rings. The first-order chi connectivity index (χ1) is 19.2. The van der Waals surface area contributed by atoms with Crippen molar-refractivity contribution in [2.45, 2.75) is 31.0 Å². The van der Waals surface area contributed by atoms with Gasteiger partial charge < -0.3 is 0 Å². The minimum Gasteiger partial charge on any atom is -0.0394 e. The van der Waals surface area contributed by atoms with Gasteiger partial charge in [-0.2, -0.15) is 0 Å². The number of nitrogens with zero attached hydrogens (tertiary/aromatic N) is 2. The fourth-order valence-electron chi connectivity index (χ4n) is 4.93. The summed E-state index contributed by atoms with van der Waals surface area (Å²) in [5.74, 6) is 6.85. The number of hydrogen-bond donors (Lipinski definition) is 0. The third-order valence-corrected chi connectivity index (χ3v) is 10.9. The second kappa shape index (κ2) is 7.70. The molecule has 0 fully saturated rings. The second-order valence-corrected chi connectivity index (χ2v) is 20.5. The first kappa shape index (κ1) is 16.1. The number of para-hydroxylation sites is 1. The molecule has 0 radical (unpaired) electrons. The van der Waals surface area contributed by atoms with Gasteiger partial charge in [-0.1, -0.05) is 0 Å². The third kappa shape index (κ3) is 3.36. The maximum atomic E-state index is 7.97. The quantitative estimate of drug-likeness (QED) is 0.130. The number of furan rings is 1. The molecule has 3 nitrogen and oxygen atoms in total. The summed E-state index contributed by atoms with van der Waals surface area (Å²) in [6.45, 7) is 2.65. The van der Waals surface area contributed by atoms with Crippen molar-refractivity contribution in [1.82, 2.24) is 4.98 Å². The third-order valence-electron chi connectivity index (χ3n) is 6.69. The fourth-order valence-corrected chi connectivity index (χ4v) is 8.05. The zero-order chi connectivity index (χ0) is 29.5. The number of aromatic nitrogens is 1. The Balaban J connectivity index is 1.67. The van der Waals surface area contributed by atoms with Gasteiger partial charge in [-0.25, -0.2) is 0 Å². The molecule has 2 heterocycles. The van der Waals surface area contributed by atoms with E-state index in [0.29, 0.717) is 28.1 Å². The molecule has 0 amide bonds. The van der Waals surface area contributed by atoms with Crippen molar-refractivity contribution in [1.29, 1.82) is 0 Å². The van der Waals surface area contributed by atoms with Crippen LogP contribution in [0.25, 0.3) is 59.6 Å². The van der Waals surface area contributed by atoms with Crippen LogP contribution in [-0.2, 0) is 0 Å². The van der Waals surface area contributed by atoms with Crippen molar-refractivity contribution >= 4 is 66.8 Å². The van der Waals surface area contributed by atoms with Gasteiger partial charge in [-0.3, -0.25) is 0 Å². The summed E-state index contributed by atoms with van der Waals surface area (Å²) in [5, 5.41) is 5.61. The maximum absolute atomic E-state index is 7.97. The van der Waals surface area contributed by atoms with Gasteiger partial charge in [-0.15, -0.1) is 0 Å². The summed E-state index contributed by atoms with van der Waals surface area (Å²) < 4.78 is 55.1. The average molecular weight is 521 g/mol. The van der Waals surface area contributed by atoms with E-state index in [0.717, 1.165) is 38.5 Å². The fraction of sp³-hybridized carbons (Fsp3) is 0.161. The van der Waals surface area contributed by atoms with Crippen LogP contribution in [0, 0.1) is 20.3 Å². The Hall–Kier alpha value is -3.62. The average Bonchev–Trinajstić information content (AvgIpc) is 3.29. The van der Waals surface area contributed by atoms with Crippen molar-refractivity contribution in [3.63, 3.8) is 0 Å². The van der Waals surface area contributed by atoms with Gasteiger partial charge in [0, 0.05) is 8.22 Å². The Bertz CT molecular complexity index is 2080. The Morgan fingerprint density at radius 1 is 0.857 bits per heavy atom. The summed E-state index contributed by atoms with van der Waals surface area (Å²) in [7, 11) is 0. The molecule has 4 aromatic carbocycles. The van der Waals surface area contributed by atoms with Gasteiger partial charge >= 0.3 is 189 Å². The van der Waals surface area contributed by atoms with Gasteiger partial charge in [0.15, 0.2) is 0 Å². The van der Waals surface area contributed by atoms with Crippen LogP contribution in [0.15, 0.2) is 71.3 Å². The van der Waals surface area contributed by atoms with Crippen molar-refractivity contribution in [2.24, 2.45) is 0 Å². The van der Waals surface area contributed by atoms with Crippen LogP contribution in [-0.4, -0.2) is 18.3 Å². The van der Waals surface area contributed by atoms with Crippen LogP contribution in [0.1, 0.15) is 19.4 Å². The van der Waals surface area contributed by atoms with Crippen LogP contribution < -0.4 is 4.40 Å². The number of hydrogen-bond acceptors (Lipinski definition) is 2. The molecule has 0 aliphatic rings. The van der Waals surface area contributed by atoms with E-state index in [-0.39, 0.29) is 11.1 Å². The molecule has 0 spiro atoms. The number of fused-ring (bicyclic) bond motifs is 7. The first-order valence-corrected chi connectivity index (χ1v) is 18.8. The van der Waals surface area contributed by atoms with E-state index < -0.39 is 27.0 Å². The minimum atomic E-state index is -2.63. The Morgan fingerprint density at radius 2 is 1.63 bits per heavy atom. The molecule has 35 heavy (non-hydrogen) atoms. The molecule has 0 unspecified atom stereocenters. The van der Waals surface area contributed by atoms with E-state index in [1.807, 2.05) is 30.3 Å². The SMILES string of the molecule is [2H]C([2H])([2H])c1cnc(-c2cccc3c2oc2c3ccc3ccc4c[c]([Ge]([CH3])([CH3])[CH3])c([N+]#[C-])cc4c32)cc1C([2H])([2H])[2H]. The van der Waals surface area contributed by atoms with E-state index in [1.54, 1.807) is 6.07 Å². The van der Waals surface area contributed by atoms with Crippen LogP contribution in [0.3, 0.4) is 0 Å². The molecule has 0 saturated heterocycles. The predicted molar refractivity (Wildman–Crippen MR) is 151 cm³/mol. The Kier molecular flexibility index (Phi) is 3.55. The minimum absolute atomic E-state index is 0.252. The molecule has 0 aliphatic heterocycles. The van der Waals surface area contributed by atoms with Crippen molar-refractivity contribution in [3.05, 3.63) is 89.4 Å². The summed E-state index contributed by atoms with van der Waals surface area (Å²) >= 11 is -2.31. The molecule has 0 bridgehead atoms. The van der Waals surface area contributed by atoms with Gasteiger partial charge in [0.1, 0.15) is 0 Å². The van der Waals surface area contributed by atoms with Crippen LogP contribution >= 0.6 is 0 Å². The summed E-state index contributed by atoms with van der Waals surface area (Å²) in [5.41, 5.74) is 2.24. The van der Waals surface area contributed by atoms with Crippen molar-refractivity contribution in [2.75, 3.05) is 0 Å². The predicted octanol–water partition coefficient (Wildman–Crippen LogP) is 8.67. The first-order valence-electron chi connectivity index (χ1n) is 14.4. The summed E-state index contributed by atoms with van der Waals surface area (Å²) in [6.07, 6.45) is 1.14. The topological polar surface area (TPSA) is 30.4 Å².